The molecule has 3 rings (SSSR count). The summed E-state index contributed by atoms with van der Waals surface area (Å²) in [7, 11) is 0. The van der Waals surface area contributed by atoms with Gasteiger partial charge in [0, 0.05) is 19.1 Å². The average molecular weight is 444 g/mol. The maximum absolute atomic E-state index is 12.6. The Labute approximate surface area is 185 Å². The molecule has 1 saturated carbocycles. The van der Waals surface area contributed by atoms with Crippen LogP contribution in [0.1, 0.15) is 51.4 Å². The molecule has 0 spiro atoms. The van der Waals surface area contributed by atoms with Crippen LogP contribution < -0.4 is 20.9 Å². The summed E-state index contributed by atoms with van der Waals surface area (Å²) in [5.41, 5.74) is 4.85. The zero-order valence-electron chi connectivity index (χ0n) is 17.9. The molecule has 2 amide bonds. The number of nitrogens with two attached hydrogens (primary N) is 1. The molecule has 1 saturated heterocycles. The van der Waals surface area contributed by atoms with E-state index in [-0.39, 0.29) is 36.3 Å². The molecule has 1 aliphatic carbocycles. The number of carbonyl (C=O) groups is 2. The fourth-order valence-corrected chi connectivity index (χ4v) is 4.55. The molecule has 2 heterocycles. The molecular weight excluding hydrogens is 416 g/mol. The van der Waals surface area contributed by atoms with E-state index in [2.05, 4.69) is 21.4 Å². The first-order valence-corrected chi connectivity index (χ1v) is 10.9. The highest BCUT2D eigenvalue weighted by Crippen LogP contribution is 2.39. The Morgan fingerprint density at radius 2 is 2.03 bits per heavy atom. The fourth-order valence-electron chi connectivity index (χ4n) is 4.55. The molecule has 1 atom stereocenters. The first kappa shape index (κ1) is 23.2. The Hall–Kier alpha value is -3.49. The zero-order chi connectivity index (χ0) is 23.1. The van der Waals surface area contributed by atoms with E-state index in [0.29, 0.717) is 25.9 Å². The second-order valence-corrected chi connectivity index (χ2v) is 8.06. The topological polar surface area (TPSA) is 171 Å². The highest BCUT2D eigenvalue weighted by Gasteiger charge is 2.39. The minimum absolute atomic E-state index is 0.0618. The maximum Gasteiger partial charge on any atom is 0.353 e. The molecule has 1 aliphatic heterocycles. The largest absolute Gasteiger partial charge is 0.368 e. The number of primary amides is 1. The molecular formula is C20H28N8O4. The number of hydrogen-bond acceptors (Lipinski definition) is 9. The molecule has 2 aliphatic rings. The van der Waals surface area contributed by atoms with Crippen LogP contribution in [0.5, 0.6) is 0 Å². The van der Waals surface area contributed by atoms with Gasteiger partial charge >= 0.3 is 5.69 Å². The van der Waals surface area contributed by atoms with Crippen molar-refractivity contribution in [3.05, 3.63) is 16.4 Å². The van der Waals surface area contributed by atoms with Gasteiger partial charge < -0.3 is 20.9 Å². The molecule has 2 fully saturated rings. The van der Waals surface area contributed by atoms with Crippen LogP contribution in [0.2, 0.25) is 0 Å². The van der Waals surface area contributed by atoms with Gasteiger partial charge in [-0.3, -0.25) is 19.7 Å². The number of hydrogen-bond donors (Lipinski definition) is 2. The Kier molecular flexibility index (Phi) is 7.75. The van der Waals surface area contributed by atoms with E-state index >= 15 is 0 Å². The van der Waals surface area contributed by atoms with Crippen molar-refractivity contribution in [2.24, 2.45) is 5.73 Å². The molecule has 0 bridgehead atoms. The lowest BCUT2D eigenvalue weighted by Gasteiger charge is -2.35. The lowest BCUT2D eigenvalue weighted by atomic mass is 9.94. The monoisotopic (exact) mass is 444 g/mol. The van der Waals surface area contributed by atoms with Crippen LogP contribution in [0.4, 0.5) is 17.3 Å². The third-order valence-electron chi connectivity index (χ3n) is 5.98. The van der Waals surface area contributed by atoms with Crippen molar-refractivity contribution >= 4 is 29.1 Å². The summed E-state index contributed by atoms with van der Waals surface area (Å²) >= 11 is 0. The van der Waals surface area contributed by atoms with Crippen LogP contribution in [-0.2, 0) is 9.59 Å². The average Bonchev–Trinajstić information content (AvgIpc) is 3.28. The smallest absolute Gasteiger partial charge is 0.353 e. The molecule has 12 nitrogen and oxygen atoms in total. The highest BCUT2D eigenvalue weighted by molar-refractivity contribution is 5.90. The van der Waals surface area contributed by atoms with E-state index in [4.69, 9.17) is 11.0 Å². The minimum Gasteiger partial charge on any atom is -0.368 e. The highest BCUT2D eigenvalue weighted by atomic mass is 16.6. The number of carbonyl (C=O) groups excluding carboxylic acids is 2. The van der Waals surface area contributed by atoms with Crippen LogP contribution in [-0.4, -0.2) is 58.4 Å². The van der Waals surface area contributed by atoms with Gasteiger partial charge in [-0.15, -0.1) is 0 Å². The molecule has 12 heteroatoms. The summed E-state index contributed by atoms with van der Waals surface area (Å²) in [4.78, 5) is 47.2. The molecule has 3 N–H and O–H groups in total. The number of aromatic nitrogens is 2. The van der Waals surface area contributed by atoms with Crippen molar-refractivity contribution in [3.8, 4) is 6.07 Å². The summed E-state index contributed by atoms with van der Waals surface area (Å²) in [5.74, 6) is -0.831. The number of anilines is 2. The van der Waals surface area contributed by atoms with Crippen molar-refractivity contribution in [1.82, 2.24) is 15.3 Å². The van der Waals surface area contributed by atoms with E-state index in [1.807, 2.05) is 4.90 Å². The third-order valence-corrected chi connectivity index (χ3v) is 5.98. The van der Waals surface area contributed by atoms with Crippen molar-refractivity contribution in [3.63, 3.8) is 0 Å². The van der Waals surface area contributed by atoms with Crippen molar-refractivity contribution in [1.29, 1.82) is 5.26 Å². The summed E-state index contributed by atoms with van der Waals surface area (Å²) in [6.07, 6.45) is 7.53. The van der Waals surface area contributed by atoms with Gasteiger partial charge in [0.25, 0.3) is 0 Å². The van der Waals surface area contributed by atoms with E-state index in [0.717, 1.165) is 32.1 Å². The number of nitrogens with zero attached hydrogens (tertiary/aromatic N) is 6. The number of nitriles is 1. The van der Waals surface area contributed by atoms with Gasteiger partial charge in [-0.05, 0) is 25.7 Å². The van der Waals surface area contributed by atoms with E-state index in [9.17, 15) is 19.7 Å². The number of nitro groups is 1. The lowest BCUT2D eigenvalue weighted by molar-refractivity contribution is -0.383. The van der Waals surface area contributed by atoms with Gasteiger partial charge in [-0.25, -0.2) is 9.97 Å². The van der Waals surface area contributed by atoms with Crippen molar-refractivity contribution in [2.75, 3.05) is 29.4 Å². The zero-order valence-corrected chi connectivity index (χ0v) is 17.9. The van der Waals surface area contributed by atoms with Gasteiger partial charge in [0.05, 0.1) is 24.0 Å². The van der Waals surface area contributed by atoms with Crippen LogP contribution in [0.3, 0.4) is 0 Å². The van der Waals surface area contributed by atoms with Gasteiger partial charge in [-0.1, -0.05) is 19.3 Å². The summed E-state index contributed by atoms with van der Waals surface area (Å²) < 4.78 is 0. The first-order chi connectivity index (χ1) is 15.4. The first-order valence-electron chi connectivity index (χ1n) is 10.9. The summed E-state index contributed by atoms with van der Waals surface area (Å²) in [6, 6.07) is 1.48. The van der Waals surface area contributed by atoms with Crippen molar-refractivity contribution < 1.29 is 14.5 Å². The van der Waals surface area contributed by atoms with Crippen LogP contribution in [0.15, 0.2) is 6.33 Å². The van der Waals surface area contributed by atoms with Crippen LogP contribution >= 0.6 is 0 Å². The second-order valence-electron chi connectivity index (χ2n) is 8.06. The molecule has 32 heavy (non-hydrogen) atoms. The van der Waals surface area contributed by atoms with E-state index in [1.165, 1.54) is 6.33 Å². The number of amides is 2. The summed E-state index contributed by atoms with van der Waals surface area (Å²) in [5, 5.41) is 23.8. The summed E-state index contributed by atoms with van der Waals surface area (Å²) in [6.45, 7) is 0.443. The number of rotatable bonds is 9. The molecule has 0 radical (unpaired) electrons. The molecule has 1 unspecified atom stereocenters. The third kappa shape index (κ3) is 5.22. The SMILES string of the molecule is N#CCCN(c1ncnc(N2CCCC2C(=O)NCC(N)=O)c1[N+](=O)[O-])C1CCCCC1. The van der Waals surface area contributed by atoms with Gasteiger partial charge in [0.15, 0.2) is 0 Å². The number of nitrogens with one attached hydrogen (secondary N) is 1. The molecule has 172 valence electrons. The maximum atomic E-state index is 12.6. The minimum atomic E-state index is -0.696. The van der Waals surface area contributed by atoms with Gasteiger partial charge in [0.2, 0.25) is 23.5 Å². The second kappa shape index (κ2) is 10.7. The Balaban J connectivity index is 1.97. The Morgan fingerprint density at radius 1 is 1.28 bits per heavy atom. The standard InChI is InChI=1S/C20H28N8O4/c21-9-5-11-26(14-6-2-1-3-7-14)18-17(28(31)32)19(25-13-24-18)27-10-4-8-15(27)20(30)23-12-16(22)29/h13-15H,1-8,10-12H2,(H2,22,29)(H,23,30). The van der Waals surface area contributed by atoms with Crippen LogP contribution in [0, 0.1) is 21.4 Å². The molecule has 1 aromatic heterocycles. The van der Waals surface area contributed by atoms with Gasteiger partial charge in [0.1, 0.15) is 12.4 Å². The predicted octanol–water partition coefficient (Wildman–Crippen LogP) is 1.01. The normalized spacial score (nSPS) is 18.7. The van der Waals surface area contributed by atoms with E-state index < -0.39 is 22.8 Å². The Morgan fingerprint density at radius 3 is 2.69 bits per heavy atom. The van der Waals surface area contributed by atoms with Gasteiger partial charge in [-0.2, -0.15) is 5.26 Å². The molecule has 0 aromatic carbocycles. The van der Waals surface area contributed by atoms with E-state index in [1.54, 1.807) is 4.90 Å². The lowest BCUT2D eigenvalue weighted by Crippen LogP contribution is -2.46. The van der Waals surface area contributed by atoms with Crippen LogP contribution in [0.25, 0.3) is 0 Å². The van der Waals surface area contributed by atoms with Crippen molar-refractivity contribution in [2.45, 2.75) is 63.5 Å². The molecule has 1 aromatic rings. The quantitative estimate of drug-likeness (QED) is 0.416. The Bertz CT molecular complexity index is 896. The fraction of sp³-hybridized carbons (Fsp3) is 0.650. The predicted molar refractivity (Wildman–Crippen MR) is 116 cm³/mol.